The smallest absolute Gasteiger partial charge is 0.0744 e. The minimum Gasteiger partial charge on any atom is -0.399 e. The van der Waals surface area contributed by atoms with E-state index in [2.05, 4.69) is 46.5 Å². The van der Waals surface area contributed by atoms with E-state index in [1.54, 1.807) is 0 Å². The van der Waals surface area contributed by atoms with E-state index in [1.165, 1.54) is 0 Å². The summed E-state index contributed by atoms with van der Waals surface area (Å²) in [6.45, 7) is 16.0. The van der Waals surface area contributed by atoms with Crippen molar-refractivity contribution in [3.63, 3.8) is 0 Å². The molecule has 3 heteroatoms. The van der Waals surface area contributed by atoms with Crippen LogP contribution in [0.25, 0.3) is 0 Å². The molecule has 0 atom stereocenters. The summed E-state index contributed by atoms with van der Waals surface area (Å²) in [5.41, 5.74) is 8.68. The maximum atomic E-state index is 6.15. The van der Waals surface area contributed by atoms with Crippen LogP contribution in [0.3, 0.4) is 0 Å². The Bertz CT molecular complexity index is 478. The quantitative estimate of drug-likeness (QED) is 0.543. The first-order valence-corrected chi connectivity index (χ1v) is 7.59. The molecular weight excluding hydrogens is 260 g/mol. The molecule has 3 nitrogen and oxygen atoms in total. The van der Waals surface area contributed by atoms with Gasteiger partial charge in [-0.2, -0.15) is 0 Å². The lowest BCUT2D eigenvalue weighted by Gasteiger charge is -2.33. The fraction of sp³-hybridized carbons (Fsp3) is 0.556. The molecule has 0 saturated carbocycles. The summed E-state index contributed by atoms with van der Waals surface area (Å²) < 4.78 is 6.15. The Kier molecular flexibility index (Phi) is 5.85. The molecule has 1 aromatic rings. The van der Waals surface area contributed by atoms with Crippen molar-refractivity contribution in [2.45, 2.75) is 53.2 Å². The number of nitrogens with two attached hydrogens (primary N) is 1. The Morgan fingerprint density at radius 2 is 1.95 bits per heavy atom. The average Bonchev–Trinajstić information content (AvgIpc) is 2.38. The van der Waals surface area contributed by atoms with Gasteiger partial charge in [-0.3, -0.25) is 0 Å². The molecule has 0 aromatic heterocycles. The summed E-state index contributed by atoms with van der Waals surface area (Å²) in [4.78, 5) is 0. The molecule has 0 saturated heterocycles. The lowest BCUT2D eigenvalue weighted by atomic mass is 9.82. The van der Waals surface area contributed by atoms with Crippen LogP contribution < -0.4 is 11.1 Å². The van der Waals surface area contributed by atoms with E-state index in [4.69, 9.17) is 10.5 Å². The summed E-state index contributed by atoms with van der Waals surface area (Å²) in [7, 11) is 0. The van der Waals surface area contributed by atoms with Gasteiger partial charge in [-0.05, 0) is 50.8 Å². The van der Waals surface area contributed by atoms with E-state index in [0.29, 0.717) is 6.61 Å². The summed E-state index contributed by atoms with van der Waals surface area (Å²) in [5, 5.41) is 3.35. The Morgan fingerprint density at radius 3 is 2.52 bits per heavy atom. The fourth-order valence-corrected chi connectivity index (χ4v) is 2.59. The Balaban J connectivity index is 2.78. The number of hydrogen-bond donors (Lipinski definition) is 2. The molecule has 0 amide bonds. The molecule has 1 rings (SSSR count). The van der Waals surface area contributed by atoms with Gasteiger partial charge in [0.1, 0.15) is 0 Å². The molecule has 0 bridgehead atoms. The maximum absolute atomic E-state index is 6.15. The third kappa shape index (κ3) is 5.80. The van der Waals surface area contributed by atoms with Crippen LogP contribution in [-0.4, -0.2) is 12.1 Å². The third-order valence-corrected chi connectivity index (χ3v) is 3.55. The minimum absolute atomic E-state index is 0.0592. The molecule has 0 aliphatic heterocycles. The van der Waals surface area contributed by atoms with Gasteiger partial charge in [0.25, 0.3) is 0 Å². The highest BCUT2D eigenvalue weighted by atomic mass is 16.5. The SMILES string of the molecule is C=CC(C)(C)CC(C)(C)OCc1cc(N)ccc1NCC. The highest BCUT2D eigenvalue weighted by molar-refractivity contribution is 5.57. The highest BCUT2D eigenvalue weighted by Crippen LogP contribution is 2.32. The second kappa shape index (κ2) is 6.99. The van der Waals surface area contributed by atoms with Crippen LogP contribution in [0.4, 0.5) is 11.4 Å². The monoisotopic (exact) mass is 290 g/mol. The number of nitrogens with one attached hydrogen (secondary N) is 1. The second-order valence-electron chi connectivity index (χ2n) is 6.86. The first-order chi connectivity index (χ1) is 9.69. The van der Waals surface area contributed by atoms with Gasteiger partial charge in [0.05, 0.1) is 12.2 Å². The second-order valence-corrected chi connectivity index (χ2v) is 6.86. The predicted molar refractivity (Wildman–Crippen MR) is 92.5 cm³/mol. The van der Waals surface area contributed by atoms with Crippen molar-refractivity contribution in [2.24, 2.45) is 5.41 Å². The maximum Gasteiger partial charge on any atom is 0.0744 e. The largest absolute Gasteiger partial charge is 0.399 e. The van der Waals surface area contributed by atoms with Crippen LogP contribution >= 0.6 is 0 Å². The predicted octanol–water partition coefficient (Wildman–Crippen LogP) is 4.60. The number of allylic oxidation sites excluding steroid dienone is 1. The van der Waals surface area contributed by atoms with Crippen LogP contribution in [0.5, 0.6) is 0 Å². The van der Waals surface area contributed by atoms with Crippen LogP contribution in [0.1, 0.15) is 46.6 Å². The number of benzene rings is 1. The van der Waals surface area contributed by atoms with Crippen LogP contribution in [0.15, 0.2) is 30.9 Å². The molecule has 21 heavy (non-hydrogen) atoms. The highest BCUT2D eigenvalue weighted by Gasteiger charge is 2.27. The normalized spacial score (nSPS) is 12.2. The third-order valence-electron chi connectivity index (χ3n) is 3.55. The molecule has 0 aliphatic rings. The molecule has 1 aromatic carbocycles. The number of anilines is 2. The lowest BCUT2D eigenvalue weighted by molar-refractivity contribution is -0.0499. The van der Waals surface area contributed by atoms with E-state index < -0.39 is 0 Å². The zero-order valence-corrected chi connectivity index (χ0v) is 14.1. The summed E-state index contributed by atoms with van der Waals surface area (Å²) in [5.74, 6) is 0. The molecule has 0 unspecified atom stereocenters. The minimum atomic E-state index is -0.216. The summed E-state index contributed by atoms with van der Waals surface area (Å²) in [6.07, 6.45) is 2.91. The fourth-order valence-electron chi connectivity index (χ4n) is 2.59. The van der Waals surface area contributed by atoms with Crippen molar-refractivity contribution >= 4 is 11.4 Å². The van der Waals surface area contributed by atoms with Gasteiger partial charge in [-0.25, -0.2) is 0 Å². The van der Waals surface area contributed by atoms with Gasteiger partial charge in [0.15, 0.2) is 0 Å². The lowest BCUT2D eigenvalue weighted by Crippen LogP contribution is -2.30. The van der Waals surface area contributed by atoms with Gasteiger partial charge < -0.3 is 15.8 Å². The molecule has 118 valence electrons. The summed E-state index contributed by atoms with van der Waals surface area (Å²) >= 11 is 0. The van der Waals surface area contributed by atoms with Crippen LogP contribution in [-0.2, 0) is 11.3 Å². The Hall–Kier alpha value is -1.48. The Labute approximate surface area is 129 Å². The van der Waals surface area contributed by atoms with E-state index in [1.807, 2.05) is 24.3 Å². The molecular formula is C18H30N2O. The van der Waals surface area contributed by atoms with Crippen LogP contribution in [0, 0.1) is 5.41 Å². The standard InChI is InChI=1S/C18H30N2O/c1-7-17(3,4)13-18(5,6)21-12-14-11-15(19)9-10-16(14)20-8-2/h7,9-11,20H,1,8,12-13,19H2,2-6H3. The van der Waals surface area contributed by atoms with Gasteiger partial charge in [-0.1, -0.05) is 19.9 Å². The molecule has 3 N–H and O–H groups in total. The zero-order valence-electron chi connectivity index (χ0n) is 14.1. The van der Waals surface area contributed by atoms with Crippen molar-refractivity contribution < 1.29 is 4.74 Å². The van der Waals surface area contributed by atoms with E-state index >= 15 is 0 Å². The number of hydrogen-bond acceptors (Lipinski definition) is 3. The number of rotatable bonds is 8. The van der Waals surface area contributed by atoms with Gasteiger partial charge in [0.2, 0.25) is 0 Å². The first-order valence-electron chi connectivity index (χ1n) is 7.59. The molecule has 0 heterocycles. The molecule has 0 aliphatic carbocycles. The van der Waals surface area contributed by atoms with Gasteiger partial charge in [0, 0.05) is 23.5 Å². The van der Waals surface area contributed by atoms with Gasteiger partial charge >= 0.3 is 0 Å². The van der Waals surface area contributed by atoms with E-state index in [-0.39, 0.29) is 11.0 Å². The zero-order chi connectivity index (χ0) is 16.1. The van der Waals surface area contributed by atoms with Crippen molar-refractivity contribution in [1.29, 1.82) is 0 Å². The van der Waals surface area contributed by atoms with Crippen molar-refractivity contribution in [3.05, 3.63) is 36.4 Å². The Morgan fingerprint density at radius 1 is 1.29 bits per heavy atom. The molecule has 0 spiro atoms. The molecule has 0 fully saturated rings. The number of ether oxygens (including phenoxy) is 1. The van der Waals surface area contributed by atoms with Gasteiger partial charge in [-0.15, -0.1) is 6.58 Å². The topological polar surface area (TPSA) is 47.3 Å². The average molecular weight is 290 g/mol. The molecule has 0 radical (unpaired) electrons. The first kappa shape index (κ1) is 17.6. The van der Waals surface area contributed by atoms with Crippen molar-refractivity contribution in [2.75, 3.05) is 17.6 Å². The van der Waals surface area contributed by atoms with E-state index in [9.17, 15) is 0 Å². The van der Waals surface area contributed by atoms with E-state index in [0.717, 1.165) is 29.9 Å². The van der Waals surface area contributed by atoms with Crippen molar-refractivity contribution in [3.8, 4) is 0 Å². The summed E-state index contributed by atoms with van der Waals surface area (Å²) in [6, 6.07) is 5.90. The number of nitrogen functional groups attached to an aromatic ring is 1. The van der Waals surface area contributed by atoms with Crippen molar-refractivity contribution in [1.82, 2.24) is 0 Å². The van der Waals surface area contributed by atoms with Crippen LogP contribution in [0.2, 0.25) is 0 Å².